The van der Waals surface area contributed by atoms with Gasteiger partial charge in [-0.05, 0) is 36.4 Å². The third kappa shape index (κ3) is 3.99. The quantitative estimate of drug-likeness (QED) is 0.403. The predicted octanol–water partition coefficient (Wildman–Crippen LogP) is 3.93. The van der Waals surface area contributed by atoms with Crippen molar-refractivity contribution in [2.75, 3.05) is 25.3 Å². The summed E-state index contributed by atoms with van der Waals surface area (Å²) < 4.78 is 13.7. The molecule has 1 aliphatic rings. The first kappa shape index (κ1) is 22.3. The van der Waals surface area contributed by atoms with Crippen molar-refractivity contribution < 1.29 is 14.3 Å². The lowest BCUT2D eigenvalue weighted by Crippen LogP contribution is -2.27. The summed E-state index contributed by atoms with van der Waals surface area (Å²) in [5.41, 5.74) is 1.60. The van der Waals surface area contributed by atoms with E-state index >= 15 is 0 Å². The minimum atomic E-state index is -0.316. The van der Waals surface area contributed by atoms with Crippen molar-refractivity contribution in [2.24, 2.45) is 0 Å². The van der Waals surface area contributed by atoms with Crippen LogP contribution in [0.1, 0.15) is 12.5 Å². The van der Waals surface area contributed by atoms with Crippen molar-refractivity contribution >= 4 is 46.0 Å². The fraction of sp³-hybridized carbons (Fsp3) is 0.217. The van der Waals surface area contributed by atoms with E-state index in [0.29, 0.717) is 44.2 Å². The third-order valence-corrected chi connectivity index (χ3v) is 6.88. The number of nitrogens with one attached hydrogen (secondary N) is 1. The van der Waals surface area contributed by atoms with Crippen molar-refractivity contribution in [2.45, 2.75) is 17.6 Å². The Labute approximate surface area is 203 Å². The summed E-state index contributed by atoms with van der Waals surface area (Å²) in [6.07, 6.45) is 1.64. The Balaban J connectivity index is 1.40. The highest BCUT2D eigenvalue weighted by atomic mass is 35.5. The number of thioether (sulfide) groups is 1. The van der Waals surface area contributed by atoms with E-state index in [9.17, 15) is 9.59 Å². The highest BCUT2D eigenvalue weighted by molar-refractivity contribution is 7.99. The molecule has 0 bridgehead atoms. The summed E-state index contributed by atoms with van der Waals surface area (Å²) >= 11 is 7.43. The van der Waals surface area contributed by atoms with Gasteiger partial charge < -0.3 is 14.8 Å². The average molecular weight is 498 g/mol. The number of amides is 1. The van der Waals surface area contributed by atoms with Crippen LogP contribution in [0.25, 0.3) is 16.7 Å². The maximum Gasteiger partial charge on any atom is 0.265 e. The van der Waals surface area contributed by atoms with Crippen LogP contribution in [-0.4, -0.2) is 45.2 Å². The molecular formula is C23H20ClN5O4S. The SMILES string of the molecule is COc1ccc(NC(=O)CC2CSc3nc4c(cnn4-c4ccc(Cl)cc4)c(=O)n32)cc1OC. The van der Waals surface area contributed by atoms with E-state index in [4.69, 9.17) is 21.1 Å². The minimum Gasteiger partial charge on any atom is -0.493 e. The molecule has 0 aliphatic carbocycles. The van der Waals surface area contributed by atoms with Crippen LogP contribution in [0, 0.1) is 0 Å². The Hall–Kier alpha value is -3.50. The minimum absolute atomic E-state index is 0.132. The number of benzene rings is 2. The van der Waals surface area contributed by atoms with Gasteiger partial charge in [0.1, 0.15) is 5.39 Å². The van der Waals surface area contributed by atoms with E-state index in [1.54, 1.807) is 46.7 Å². The van der Waals surface area contributed by atoms with E-state index in [0.717, 1.165) is 5.69 Å². The lowest BCUT2D eigenvalue weighted by Gasteiger charge is -2.14. The van der Waals surface area contributed by atoms with Crippen molar-refractivity contribution in [3.63, 3.8) is 0 Å². The first-order valence-electron chi connectivity index (χ1n) is 10.4. The van der Waals surface area contributed by atoms with E-state index in [2.05, 4.69) is 15.4 Å². The fourth-order valence-electron chi connectivity index (χ4n) is 3.89. The number of anilines is 1. The molecule has 34 heavy (non-hydrogen) atoms. The molecule has 4 aromatic rings. The van der Waals surface area contributed by atoms with Crippen LogP contribution in [0.5, 0.6) is 11.5 Å². The number of carbonyl (C=O) groups is 1. The Morgan fingerprint density at radius 1 is 1.18 bits per heavy atom. The molecule has 11 heteroatoms. The molecule has 1 N–H and O–H groups in total. The van der Waals surface area contributed by atoms with Crippen LogP contribution in [0.4, 0.5) is 5.69 Å². The lowest BCUT2D eigenvalue weighted by molar-refractivity contribution is -0.116. The topological polar surface area (TPSA) is 100 Å². The zero-order chi connectivity index (χ0) is 23.8. The summed E-state index contributed by atoms with van der Waals surface area (Å²) in [6.45, 7) is 0. The summed E-state index contributed by atoms with van der Waals surface area (Å²) in [7, 11) is 3.08. The molecule has 0 radical (unpaired) electrons. The molecule has 2 aromatic heterocycles. The molecule has 1 unspecified atom stereocenters. The summed E-state index contributed by atoms with van der Waals surface area (Å²) in [6, 6.07) is 12.0. The van der Waals surface area contributed by atoms with Gasteiger partial charge in [0.25, 0.3) is 5.56 Å². The summed E-state index contributed by atoms with van der Waals surface area (Å²) in [5.74, 6) is 1.45. The Morgan fingerprint density at radius 2 is 1.94 bits per heavy atom. The molecule has 3 heterocycles. The van der Waals surface area contributed by atoms with Crippen LogP contribution in [0.3, 0.4) is 0 Å². The Bertz CT molecular complexity index is 1450. The first-order valence-corrected chi connectivity index (χ1v) is 11.8. The summed E-state index contributed by atoms with van der Waals surface area (Å²) in [4.78, 5) is 30.8. The largest absolute Gasteiger partial charge is 0.493 e. The molecule has 0 saturated heterocycles. The number of methoxy groups -OCH3 is 2. The number of ether oxygens (including phenoxy) is 2. The Morgan fingerprint density at radius 3 is 2.68 bits per heavy atom. The highest BCUT2D eigenvalue weighted by Gasteiger charge is 2.29. The monoisotopic (exact) mass is 497 g/mol. The number of hydrogen-bond acceptors (Lipinski definition) is 7. The number of rotatable bonds is 6. The second-order valence-corrected chi connectivity index (χ2v) is 9.05. The third-order valence-electron chi connectivity index (χ3n) is 5.53. The van der Waals surface area contributed by atoms with Gasteiger partial charge in [-0.2, -0.15) is 5.10 Å². The van der Waals surface area contributed by atoms with Crippen molar-refractivity contribution in [3.8, 4) is 17.2 Å². The molecule has 0 saturated carbocycles. The molecule has 1 atom stereocenters. The van der Waals surface area contributed by atoms with Gasteiger partial charge in [-0.3, -0.25) is 14.2 Å². The molecular weight excluding hydrogens is 478 g/mol. The van der Waals surface area contributed by atoms with Crippen LogP contribution >= 0.6 is 23.4 Å². The van der Waals surface area contributed by atoms with Crippen LogP contribution in [0.2, 0.25) is 5.02 Å². The van der Waals surface area contributed by atoms with E-state index in [-0.39, 0.29) is 23.9 Å². The molecule has 5 rings (SSSR count). The van der Waals surface area contributed by atoms with E-state index < -0.39 is 0 Å². The molecule has 2 aromatic carbocycles. The van der Waals surface area contributed by atoms with Gasteiger partial charge in [-0.1, -0.05) is 23.4 Å². The zero-order valence-electron chi connectivity index (χ0n) is 18.3. The zero-order valence-corrected chi connectivity index (χ0v) is 19.9. The number of aromatic nitrogens is 4. The normalized spacial score (nSPS) is 14.7. The molecule has 9 nitrogen and oxygen atoms in total. The van der Waals surface area contributed by atoms with Crippen molar-refractivity contribution in [3.05, 3.63) is 64.0 Å². The number of halogens is 1. The smallest absolute Gasteiger partial charge is 0.265 e. The van der Waals surface area contributed by atoms with Gasteiger partial charge in [-0.25, -0.2) is 9.67 Å². The van der Waals surface area contributed by atoms with E-state index in [1.807, 2.05) is 12.1 Å². The molecule has 0 fully saturated rings. The van der Waals surface area contributed by atoms with Crippen molar-refractivity contribution in [1.29, 1.82) is 0 Å². The number of nitrogens with zero attached hydrogens (tertiary/aromatic N) is 4. The maximum atomic E-state index is 13.3. The van der Waals surface area contributed by atoms with Crippen LogP contribution in [-0.2, 0) is 4.79 Å². The molecule has 1 amide bonds. The number of hydrogen-bond donors (Lipinski definition) is 1. The lowest BCUT2D eigenvalue weighted by atomic mass is 10.2. The van der Waals surface area contributed by atoms with Gasteiger partial charge in [0, 0.05) is 29.0 Å². The number of fused-ring (bicyclic) bond motifs is 2. The van der Waals surface area contributed by atoms with Gasteiger partial charge in [0.05, 0.1) is 32.1 Å². The Kier molecular flexibility index (Phi) is 5.93. The average Bonchev–Trinajstić information content (AvgIpc) is 3.44. The standard InChI is InChI=1S/C23H20ClN5O4S/c1-32-18-8-5-14(9-19(18)33-2)26-20(30)10-16-12-34-23-27-21-17(22(31)28(16)23)11-25-29(21)15-6-3-13(24)4-7-15/h3-9,11,16H,10,12H2,1-2H3,(H,26,30). The molecule has 0 spiro atoms. The van der Waals surface area contributed by atoms with Crippen molar-refractivity contribution in [1.82, 2.24) is 19.3 Å². The second-order valence-electron chi connectivity index (χ2n) is 7.63. The maximum absolute atomic E-state index is 13.3. The second kappa shape index (κ2) is 9.03. The molecule has 1 aliphatic heterocycles. The van der Waals surface area contributed by atoms with Crippen LogP contribution in [0.15, 0.2) is 58.6 Å². The molecule has 174 valence electrons. The van der Waals surface area contributed by atoms with Gasteiger partial charge in [-0.15, -0.1) is 0 Å². The first-order chi connectivity index (χ1) is 16.5. The predicted molar refractivity (Wildman–Crippen MR) is 131 cm³/mol. The highest BCUT2D eigenvalue weighted by Crippen LogP contribution is 2.34. The number of carbonyl (C=O) groups excluding carboxylic acids is 1. The van der Waals surface area contributed by atoms with Gasteiger partial charge in [0.15, 0.2) is 22.3 Å². The summed E-state index contributed by atoms with van der Waals surface area (Å²) in [5, 5.41) is 8.79. The van der Waals surface area contributed by atoms with E-state index in [1.165, 1.54) is 25.1 Å². The van der Waals surface area contributed by atoms with Gasteiger partial charge in [0.2, 0.25) is 5.91 Å². The van der Waals surface area contributed by atoms with Gasteiger partial charge >= 0.3 is 0 Å². The van der Waals surface area contributed by atoms with Crippen LogP contribution < -0.4 is 20.3 Å². The fourth-order valence-corrected chi connectivity index (χ4v) is 5.15.